The Bertz CT molecular complexity index is 1080. The highest BCUT2D eigenvalue weighted by molar-refractivity contribution is 7.99. The zero-order valence-corrected chi connectivity index (χ0v) is 21.5. The third-order valence-electron chi connectivity index (χ3n) is 7.56. The molecule has 4 atom stereocenters. The van der Waals surface area contributed by atoms with Crippen molar-refractivity contribution in [3.63, 3.8) is 0 Å². The number of carbonyl (C=O) groups is 1. The van der Waals surface area contributed by atoms with Crippen molar-refractivity contribution in [1.29, 1.82) is 0 Å². The van der Waals surface area contributed by atoms with Crippen molar-refractivity contribution >= 4 is 23.7 Å². The second kappa shape index (κ2) is 8.57. The lowest BCUT2D eigenvalue weighted by atomic mass is 9.79. The Morgan fingerprint density at radius 1 is 1.14 bits per heavy atom. The van der Waals surface area contributed by atoms with E-state index in [0.29, 0.717) is 12.1 Å². The van der Waals surface area contributed by atoms with Gasteiger partial charge in [-0.2, -0.15) is 0 Å². The Kier molecular flexibility index (Phi) is 5.62. The maximum absolute atomic E-state index is 12.8. The van der Waals surface area contributed by atoms with Crippen molar-refractivity contribution in [2.75, 3.05) is 10.7 Å². The summed E-state index contributed by atoms with van der Waals surface area (Å²) in [7, 11) is 0. The Morgan fingerprint density at radius 3 is 2.54 bits per heavy atom. The van der Waals surface area contributed by atoms with Crippen LogP contribution in [0, 0.1) is 5.92 Å². The van der Waals surface area contributed by atoms with Crippen LogP contribution in [-0.2, 0) is 4.74 Å². The molecule has 1 N–H and O–H groups in total. The van der Waals surface area contributed by atoms with Crippen LogP contribution >= 0.6 is 11.8 Å². The maximum Gasteiger partial charge on any atom is 0.408 e. The van der Waals surface area contributed by atoms with Crippen LogP contribution in [0.1, 0.15) is 70.9 Å². The molecular weight excluding hydrogens is 460 g/mol. The van der Waals surface area contributed by atoms with Crippen LogP contribution in [-0.4, -0.2) is 45.1 Å². The van der Waals surface area contributed by atoms with Crippen molar-refractivity contribution in [1.82, 2.24) is 15.3 Å². The highest BCUT2D eigenvalue weighted by Gasteiger charge is 2.58. The van der Waals surface area contributed by atoms with E-state index in [1.165, 1.54) is 12.8 Å². The number of alkyl carbamates (subject to hydrolysis) is 1. The molecule has 1 amide bonds. The molecule has 1 aliphatic carbocycles. The molecule has 2 saturated heterocycles. The summed E-state index contributed by atoms with van der Waals surface area (Å²) in [6.07, 6.45) is 10.00. The third-order valence-corrected chi connectivity index (χ3v) is 8.70. The maximum atomic E-state index is 12.8. The molecule has 3 fully saturated rings. The number of piperidine rings is 1. The molecule has 1 saturated carbocycles. The van der Waals surface area contributed by atoms with E-state index >= 15 is 0 Å². The number of amides is 1. The summed E-state index contributed by atoms with van der Waals surface area (Å²) >= 11 is 1.82. The number of nitrogens with zero attached hydrogens (tertiary/aromatic N) is 3. The SMILES string of the molecule is CC(C)(C)OC(=O)N[C@@H]1c2ccccc2OC12CC1CC[C@@H](C2)N1c1cnc(SCC2CC2)cn1. The van der Waals surface area contributed by atoms with Gasteiger partial charge in [-0.05, 0) is 58.4 Å². The minimum Gasteiger partial charge on any atom is -0.484 e. The van der Waals surface area contributed by atoms with E-state index in [0.717, 1.165) is 59.5 Å². The van der Waals surface area contributed by atoms with Crippen LogP contribution in [0.4, 0.5) is 10.6 Å². The lowest BCUT2D eigenvalue weighted by Gasteiger charge is -2.47. The summed E-state index contributed by atoms with van der Waals surface area (Å²) in [6, 6.07) is 8.41. The molecule has 186 valence electrons. The summed E-state index contributed by atoms with van der Waals surface area (Å²) in [6.45, 7) is 5.66. The molecule has 2 unspecified atom stereocenters. The first-order valence-corrected chi connectivity index (χ1v) is 13.8. The highest BCUT2D eigenvalue weighted by Crippen LogP contribution is 2.54. The number of hydrogen-bond donors (Lipinski definition) is 1. The summed E-state index contributed by atoms with van der Waals surface area (Å²) in [5, 5.41) is 4.19. The Labute approximate surface area is 211 Å². The fraction of sp³-hybridized carbons (Fsp3) is 0.593. The van der Waals surface area contributed by atoms with Crippen molar-refractivity contribution < 1.29 is 14.3 Å². The lowest BCUT2D eigenvalue weighted by Crippen LogP contribution is -2.58. The van der Waals surface area contributed by atoms with Gasteiger partial charge in [0, 0.05) is 36.2 Å². The molecule has 6 rings (SSSR count). The summed E-state index contributed by atoms with van der Waals surface area (Å²) < 4.78 is 12.3. The van der Waals surface area contributed by atoms with Crippen LogP contribution in [0.5, 0.6) is 5.75 Å². The fourth-order valence-electron chi connectivity index (χ4n) is 5.95. The molecule has 4 heterocycles. The average molecular weight is 495 g/mol. The van der Waals surface area contributed by atoms with E-state index in [1.54, 1.807) is 0 Å². The second-order valence-electron chi connectivity index (χ2n) is 11.5. The Morgan fingerprint density at radius 2 is 1.89 bits per heavy atom. The Hall–Kier alpha value is -2.48. The first kappa shape index (κ1) is 23.0. The zero-order valence-electron chi connectivity index (χ0n) is 20.7. The number of anilines is 1. The van der Waals surface area contributed by atoms with E-state index in [-0.39, 0.29) is 6.04 Å². The normalized spacial score (nSPS) is 29.1. The lowest BCUT2D eigenvalue weighted by molar-refractivity contribution is 0.00495. The molecule has 1 aromatic heterocycles. The molecule has 7 nitrogen and oxygen atoms in total. The predicted molar refractivity (Wildman–Crippen MR) is 136 cm³/mol. The summed E-state index contributed by atoms with van der Waals surface area (Å²) in [5.74, 6) is 3.83. The summed E-state index contributed by atoms with van der Waals surface area (Å²) in [5.41, 5.74) is -0.0142. The second-order valence-corrected chi connectivity index (χ2v) is 12.5. The van der Waals surface area contributed by atoms with Gasteiger partial charge in [-0.3, -0.25) is 0 Å². The quantitative estimate of drug-likeness (QED) is 0.550. The molecule has 1 spiro atoms. The van der Waals surface area contributed by atoms with E-state index in [1.807, 2.05) is 63.1 Å². The van der Waals surface area contributed by atoms with Gasteiger partial charge in [0.1, 0.15) is 33.8 Å². The molecule has 1 aromatic carbocycles. The molecular formula is C27H34N4O3S. The number of ether oxygens (including phenoxy) is 2. The smallest absolute Gasteiger partial charge is 0.408 e. The molecule has 35 heavy (non-hydrogen) atoms. The molecule has 0 radical (unpaired) electrons. The minimum atomic E-state index is -0.555. The van der Waals surface area contributed by atoms with Crippen molar-refractivity contribution in [3.8, 4) is 5.75 Å². The summed E-state index contributed by atoms with van der Waals surface area (Å²) in [4.78, 5) is 24.8. The number of nitrogens with one attached hydrogen (secondary N) is 1. The van der Waals surface area contributed by atoms with Gasteiger partial charge < -0.3 is 19.7 Å². The van der Waals surface area contributed by atoms with Crippen LogP contribution in [0.3, 0.4) is 0 Å². The van der Waals surface area contributed by atoms with E-state index < -0.39 is 17.3 Å². The number of benzene rings is 1. The zero-order chi connectivity index (χ0) is 24.2. The van der Waals surface area contributed by atoms with E-state index in [9.17, 15) is 4.79 Å². The average Bonchev–Trinajstić information content (AvgIpc) is 3.54. The topological polar surface area (TPSA) is 76.6 Å². The van der Waals surface area contributed by atoms with Gasteiger partial charge in [0.2, 0.25) is 0 Å². The largest absolute Gasteiger partial charge is 0.484 e. The number of carbonyl (C=O) groups excluding carboxylic acids is 1. The van der Waals surface area contributed by atoms with Gasteiger partial charge in [0.15, 0.2) is 0 Å². The standard InChI is InChI=1S/C27H34N4O3S/c1-26(2,3)34-25(32)30-24-20-6-4-5-7-21(20)33-27(24)12-18-10-11-19(13-27)31(18)22-14-29-23(15-28-22)35-16-17-8-9-17/h4-7,14-15,17-19,24H,8-13,16H2,1-3H3,(H,30,32)/t18-,19?,24+,27?/m0/s1. The van der Waals surface area contributed by atoms with Crippen molar-refractivity contribution in [2.45, 2.75) is 93.6 Å². The minimum absolute atomic E-state index is 0.244. The Balaban J connectivity index is 1.22. The molecule has 8 heteroatoms. The van der Waals surface area contributed by atoms with Gasteiger partial charge in [0.05, 0.1) is 12.4 Å². The van der Waals surface area contributed by atoms with Crippen LogP contribution in [0.15, 0.2) is 41.7 Å². The monoisotopic (exact) mass is 494 g/mol. The van der Waals surface area contributed by atoms with Gasteiger partial charge in [-0.15, -0.1) is 11.8 Å². The number of hydrogen-bond acceptors (Lipinski definition) is 7. The van der Waals surface area contributed by atoms with Crippen molar-refractivity contribution in [3.05, 3.63) is 42.2 Å². The van der Waals surface area contributed by atoms with E-state index in [2.05, 4.69) is 16.3 Å². The molecule has 4 aliphatic rings. The van der Waals surface area contributed by atoms with Gasteiger partial charge in [0.25, 0.3) is 0 Å². The van der Waals surface area contributed by atoms with Crippen LogP contribution in [0.2, 0.25) is 0 Å². The van der Waals surface area contributed by atoms with Crippen LogP contribution in [0.25, 0.3) is 0 Å². The number of thioether (sulfide) groups is 1. The first-order valence-electron chi connectivity index (χ1n) is 12.8. The number of aromatic nitrogens is 2. The predicted octanol–water partition coefficient (Wildman–Crippen LogP) is 5.51. The van der Waals surface area contributed by atoms with Gasteiger partial charge in [-0.1, -0.05) is 18.2 Å². The van der Waals surface area contributed by atoms with E-state index in [4.69, 9.17) is 19.4 Å². The third kappa shape index (κ3) is 4.57. The molecule has 2 bridgehead atoms. The number of rotatable bonds is 5. The number of fused-ring (bicyclic) bond motifs is 3. The van der Waals surface area contributed by atoms with Gasteiger partial charge >= 0.3 is 6.09 Å². The fourth-order valence-corrected chi connectivity index (χ4v) is 6.94. The first-order chi connectivity index (χ1) is 16.8. The highest BCUT2D eigenvalue weighted by atomic mass is 32.2. The molecule has 2 aromatic rings. The van der Waals surface area contributed by atoms with Crippen LogP contribution < -0.4 is 15.0 Å². The van der Waals surface area contributed by atoms with Crippen molar-refractivity contribution in [2.24, 2.45) is 5.92 Å². The molecule has 3 aliphatic heterocycles. The van der Waals surface area contributed by atoms with Gasteiger partial charge in [-0.25, -0.2) is 14.8 Å². The number of para-hydroxylation sites is 1.